The quantitative estimate of drug-likeness (QED) is 0.796. The van der Waals surface area contributed by atoms with E-state index in [4.69, 9.17) is 0 Å². The molecule has 0 saturated carbocycles. The third-order valence-electron chi connectivity index (χ3n) is 2.63. The molecular weight excluding hydrogens is 412 g/mol. The number of hydrogen-bond donors (Lipinski definition) is 1. The van der Waals surface area contributed by atoms with Crippen molar-refractivity contribution < 1.29 is 8.42 Å². The van der Waals surface area contributed by atoms with Gasteiger partial charge in [0.15, 0.2) is 0 Å². The Balaban J connectivity index is 2.06. The molecule has 0 fully saturated rings. The number of halogens is 2. The van der Waals surface area contributed by atoms with Gasteiger partial charge in [-0.05, 0) is 34.1 Å². The monoisotopic (exact) mass is 422 g/mol. The molecule has 0 atom stereocenters. The van der Waals surface area contributed by atoms with E-state index in [1.807, 2.05) is 7.05 Å². The normalized spacial score (nSPS) is 11.8. The maximum Gasteiger partial charge on any atom is 0.241 e. The van der Waals surface area contributed by atoms with Crippen LogP contribution in [0.2, 0.25) is 0 Å². The van der Waals surface area contributed by atoms with Gasteiger partial charge in [-0.15, -0.1) is 10.2 Å². The fraction of sp³-hybridized carbons (Fsp3) is 0.273. The molecule has 0 unspecified atom stereocenters. The average molecular weight is 424 g/mol. The number of hydrogen-bond acceptors (Lipinski definition) is 4. The zero-order valence-electron chi connectivity index (χ0n) is 10.5. The SMILES string of the molecule is Cn1cnnc1CCNS(=O)(=O)c1ccc(Br)cc1Br. The maximum atomic E-state index is 12.2. The summed E-state index contributed by atoms with van der Waals surface area (Å²) in [6.07, 6.45) is 2.05. The molecule has 9 heteroatoms. The number of rotatable bonds is 5. The Morgan fingerprint density at radius 1 is 1.35 bits per heavy atom. The van der Waals surface area contributed by atoms with Crippen LogP contribution in [0.1, 0.15) is 5.82 Å². The van der Waals surface area contributed by atoms with Crippen LogP contribution in [0.3, 0.4) is 0 Å². The van der Waals surface area contributed by atoms with Gasteiger partial charge in [-0.3, -0.25) is 0 Å². The van der Waals surface area contributed by atoms with Crippen LogP contribution in [0.4, 0.5) is 0 Å². The van der Waals surface area contributed by atoms with E-state index in [1.165, 1.54) is 0 Å². The lowest BCUT2D eigenvalue weighted by Gasteiger charge is -2.08. The number of aryl methyl sites for hydroxylation is 1. The summed E-state index contributed by atoms with van der Waals surface area (Å²) in [7, 11) is -1.73. The van der Waals surface area contributed by atoms with E-state index in [0.29, 0.717) is 10.9 Å². The molecule has 0 aliphatic rings. The minimum atomic E-state index is -3.55. The summed E-state index contributed by atoms with van der Waals surface area (Å²) >= 11 is 6.54. The highest BCUT2D eigenvalue weighted by molar-refractivity contribution is 9.11. The van der Waals surface area contributed by atoms with Crippen LogP contribution in [-0.2, 0) is 23.5 Å². The number of aromatic nitrogens is 3. The predicted molar refractivity (Wildman–Crippen MR) is 81.7 cm³/mol. The number of benzene rings is 1. The molecule has 0 radical (unpaired) electrons. The lowest BCUT2D eigenvalue weighted by molar-refractivity contribution is 0.579. The van der Waals surface area contributed by atoms with E-state index in [2.05, 4.69) is 46.8 Å². The molecule has 6 nitrogen and oxygen atoms in total. The van der Waals surface area contributed by atoms with E-state index >= 15 is 0 Å². The van der Waals surface area contributed by atoms with Crippen LogP contribution in [0, 0.1) is 0 Å². The van der Waals surface area contributed by atoms with Gasteiger partial charge in [0.25, 0.3) is 0 Å². The van der Waals surface area contributed by atoms with Gasteiger partial charge >= 0.3 is 0 Å². The van der Waals surface area contributed by atoms with Gasteiger partial charge in [-0.25, -0.2) is 13.1 Å². The molecule has 1 aromatic heterocycles. The fourth-order valence-electron chi connectivity index (χ4n) is 1.60. The van der Waals surface area contributed by atoms with Crippen molar-refractivity contribution in [1.29, 1.82) is 0 Å². The Hall–Kier alpha value is -0.770. The van der Waals surface area contributed by atoms with Crippen molar-refractivity contribution >= 4 is 41.9 Å². The van der Waals surface area contributed by atoms with Gasteiger partial charge < -0.3 is 4.57 Å². The molecule has 1 aromatic carbocycles. The standard InChI is InChI=1S/C11H12Br2N4O2S/c1-17-7-14-16-11(17)4-5-15-20(18,19)10-3-2-8(12)6-9(10)13/h2-3,6-7,15H,4-5H2,1H3. The second-order valence-corrected chi connectivity index (χ2v) is 7.59. The summed E-state index contributed by atoms with van der Waals surface area (Å²) < 4.78 is 30.0. The number of sulfonamides is 1. The van der Waals surface area contributed by atoms with Crippen LogP contribution >= 0.6 is 31.9 Å². The fourth-order valence-corrected chi connectivity index (χ4v) is 4.38. The van der Waals surface area contributed by atoms with Crippen LogP contribution in [0.5, 0.6) is 0 Å². The van der Waals surface area contributed by atoms with E-state index in [-0.39, 0.29) is 11.4 Å². The highest BCUT2D eigenvalue weighted by Gasteiger charge is 2.17. The molecule has 20 heavy (non-hydrogen) atoms. The predicted octanol–water partition coefficient (Wildman–Crippen LogP) is 1.86. The van der Waals surface area contributed by atoms with Crippen molar-refractivity contribution in [3.8, 4) is 0 Å². The molecule has 1 heterocycles. The minimum Gasteiger partial charge on any atom is -0.321 e. The summed E-state index contributed by atoms with van der Waals surface area (Å²) in [6.45, 7) is 0.261. The smallest absolute Gasteiger partial charge is 0.241 e. The van der Waals surface area contributed by atoms with Crippen LogP contribution in [0.15, 0.2) is 38.4 Å². The van der Waals surface area contributed by atoms with E-state index in [0.717, 1.165) is 10.3 Å². The highest BCUT2D eigenvalue weighted by atomic mass is 79.9. The molecule has 0 aliphatic carbocycles. The lowest BCUT2D eigenvalue weighted by atomic mass is 10.4. The molecular formula is C11H12Br2N4O2S. The zero-order valence-corrected chi connectivity index (χ0v) is 14.5. The summed E-state index contributed by atoms with van der Waals surface area (Å²) in [5, 5.41) is 7.64. The average Bonchev–Trinajstić information content (AvgIpc) is 2.74. The molecule has 0 bridgehead atoms. The van der Waals surface area contributed by atoms with E-state index < -0.39 is 10.0 Å². The minimum absolute atomic E-state index is 0.207. The van der Waals surface area contributed by atoms with Gasteiger partial charge in [-0.2, -0.15) is 0 Å². The van der Waals surface area contributed by atoms with E-state index in [9.17, 15) is 8.42 Å². The molecule has 1 N–H and O–H groups in total. The largest absolute Gasteiger partial charge is 0.321 e. The van der Waals surface area contributed by atoms with Crippen molar-refractivity contribution in [1.82, 2.24) is 19.5 Å². The van der Waals surface area contributed by atoms with Crippen molar-refractivity contribution in [2.45, 2.75) is 11.3 Å². The highest BCUT2D eigenvalue weighted by Crippen LogP contribution is 2.25. The third kappa shape index (κ3) is 3.66. The number of nitrogens with zero attached hydrogens (tertiary/aromatic N) is 3. The lowest BCUT2D eigenvalue weighted by Crippen LogP contribution is -2.27. The molecule has 108 valence electrons. The van der Waals surface area contributed by atoms with Gasteiger partial charge in [0.1, 0.15) is 12.2 Å². The van der Waals surface area contributed by atoms with Gasteiger partial charge in [0.05, 0.1) is 4.90 Å². The summed E-state index contributed by atoms with van der Waals surface area (Å²) in [4.78, 5) is 0.207. The topological polar surface area (TPSA) is 76.9 Å². The molecule has 0 spiro atoms. The first kappa shape index (κ1) is 15.6. The molecule has 0 amide bonds. The first-order valence-electron chi connectivity index (χ1n) is 5.68. The Bertz CT molecular complexity index is 715. The van der Waals surface area contributed by atoms with Gasteiger partial charge in [-0.1, -0.05) is 15.9 Å². The Morgan fingerprint density at radius 2 is 2.10 bits per heavy atom. The summed E-state index contributed by atoms with van der Waals surface area (Å²) in [5.74, 6) is 0.725. The van der Waals surface area contributed by atoms with Crippen molar-refractivity contribution in [3.63, 3.8) is 0 Å². The zero-order chi connectivity index (χ0) is 14.8. The van der Waals surface area contributed by atoms with Crippen molar-refractivity contribution in [3.05, 3.63) is 39.3 Å². The first-order chi connectivity index (χ1) is 9.40. The number of nitrogens with one attached hydrogen (secondary N) is 1. The Kier molecular flexibility index (Phi) is 4.95. The summed E-state index contributed by atoms with van der Waals surface area (Å²) in [6, 6.07) is 4.91. The third-order valence-corrected chi connectivity index (χ3v) is 5.56. The Labute approximate surface area is 133 Å². The summed E-state index contributed by atoms with van der Waals surface area (Å²) in [5.41, 5.74) is 0. The Morgan fingerprint density at radius 3 is 2.70 bits per heavy atom. The van der Waals surface area contributed by atoms with Gasteiger partial charge in [0, 0.05) is 29.0 Å². The van der Waals surface area contributed by atoms with Crippen LogP contribution in [0.25, 0.3) is 0 Å². The molecule has 2 aromatic rings. The first-order valence-corrected chi connectivity index (χ1v) is 8.74. The van der Waals surface area contributed by atoms with Crippen molar-refractivity contribution in [2.24, 2.45) is 7.05 Å². The maximum absolute atomic E-state index is 12.2. The molecule has 0 aliphatic heterocycles. The van der Waals surface area contributed by atoms with Crippen LogP contribution in [-0.4, -0.2) is 29.7 Å². The van der Waals surface area contributed by atoms with Crippen LogP contribution < -0.4 is 4.72 Å². The molecule has 2 rings (SSSR count). The second-order valence-electron chi connectivity index (χ2n) is 4.08. The van der Waals surface area contributed by atoms with E-state index in [1.54, 1.807) is 29.1 Å². The van der Waals surface area contributed by atoms with Crippen molar-refractivity contribution in [2.75, 3.05) is 6.54 Å². The van der Waals surface area contributed by atoms with Gasteiger partial charge in [0.2, 0.25) is 10.0 Å². The second kappa shape index (κ2) is 6.33. The molecule has 0 saturated heterocycles.